The monoisotopic (exact) mass is 1100 g/mol. The number of rotatable bonds is 40. The zero-order valence-corrected chi connectivity index (χ0v) is 44.9. The van der Waals surface area contributed by atoms with Crippen LogP contribution in [0.4, 0.5) is 5.82 Å². The highest BCUT2D eigenvalue weighted by Crippen LogP contribution is 2.60. The second kappa shape index (κ2) is 39.0. The third kappa shape index (κ3) is 31.4. The molecule has 10 atom stereocenters. The number of allylic oxidation sites excluding steroid dienone is 14. The van der Waals surface area contributed by atoms with Crippen LogP contribution < -0.4 is 11.4 Å². The zero-order valence-electron chi connectivity index (χ0n) is 43.1. The molecule has 0 amide bonds. The van der Waals surface area contributed by atoms with E-state index in [1.54, 1.807) is 36.5 Å². The number of phosphoric ester groups is 2. The number of carbonyl (C=O) groups is 2. The van der Waals surface area contributed by atoms with Crippen molar-refractivity contribution >= 4 is 33.4 Å². The van der Waals surface area contributed by atoms with E-state index >= 15 is 0 Å². The summed E-state index contributed by atoms with van der Waals surface area (Å²) in [7, 11) is -11.0. The molecule has 0 radical (unpaired) electrons. The average Bonchev–Trinajstić information content (AvgIpc) is 3.64. The van der Waals surface area contributed by atoms with Crippen molar-refractivity contribution < 1.29 is 81.6 Å². The van der Waals surface area contributed by atoms with Gasteiger partial charge >= 0.3 is 33.3 Å². The number of ether oxygens (including phenoxy) is 3. The van der Waals surface area contributed by atoms with Gasteiger partial charge in [-0.05, 0) is 70.3 Å². The number of hydrogen-bond acceptors (Lipinski definition) is 18. The SMILES string of the molecule is CC/C=C\C/C=C\C/C=C\C/C=C\CCCCCCC(=O)OC[C@H](COP(=O)(O)OP(=O)(O)OC[C@H]1O[C@@H](n2ccc(N)nc2=O)[C@H](O)[C@@H]1O)OC(=O)CCC[C@H](O)[C@@H](O)/C=C/C=C/C=C\C=C\[C@@H](O)CCCCC. The van der Waals surface area contributed by atoms with Crippen LogP contribution in [0.1, 0.15) is 129 Å². The molecule has 75 heavy (non-hydrogen) atoms. The molecule has 0 aliphatic carbocycles. The lowest BCUT2D eigenvalue weighted by molar-refractivity contribution is -0.161. The minimum Gasteiger partial charge on any atom is -0.462 e. The van der Waals surface area contributed by atoms with Gasteiger partial charge in [0.05, 0.1) is 31.5 Å². The molecule has 1 saturated heterocycles. The maximum absolute atomic E-state index is 12.9. The van der Waals surface area contributed by atoms with Gasteiger partial charge in [-0.25, -0.2) is 13.9 Å². The Bertz CT molecular complexity index is 2190. The Labute approximate surface area is 440 Å². The number of hydrogen-bond donors (Lipinski definition) is 8. The molecule has 1 aliphatic heterocycles. The maximum atomic E-state index is 12.9. The number of anilines is 1. The van der Waals surface area contributed by atoms with Gasteiger partial charge in [0.2, 0.25) is 0 Å². The van der Waals surface area contributed by atoms with Crippen molar-refractivity contribution in [3.63, 3.8) is 0 Å². The van der Waals surface area contributed by atoms with Gasteiger partial charge in [-0.15, -0.1) is 0 Å². The predicted octanol–water partition coefficient (Wildman–Crippen LogP) is 7.35. The lowest BCUT2D eigenvalue weighted by atomic mass is 10.1. The normalized spacial score (nSPS) is 20.9. The molecule has 1 aromatic rings. The number of nitrogens with two attached hydrogens (primary N) is 1. The summed E-state index contributed by atoms with van der Waals surface area (Å²) in [5.74, 6) is -1.69. The minimum absolute atomic E-state index is 0.0195. The molecule has 21 nitrogen and oxygen atoms in total. The number of aliphatic hydroxyl groups is 5. The van der Waals surface area contributed by atoms with E-state index in [0.29, 0.717) is 12.8 Å². The molecule has 2 unspecified atom stereocenters. The molecular formula is C52H81N3O18P2. The van der Waals surface area contributed by atoms with Gasteiger partial charge in [-0.2, -0.15) is 9.29 Å². The van der Waals surface area contributed by atoms with Gasteiger partial charge in [-0.1, -0.05) is 143 Å². The smallest absolute Gasteiger partial charge is 0.462 e. The third-order valence-electron chi connectivity index (χ3n) is 11.0. The molecule has 0 aromatic carbocycles. The molecule has 2 rings (SSSR count). The first-order valence-electron chi connectivity index (χ1n) is 25.6. The highest BCUT2D eigenvalue weighted by atomic mass is 31.3. The summed E-state index contributed by atoms with van der Waals surface area (Å²) < 4.78 is 56.5. The van der Waals surface area contributed by atoms with Crippen LogP contribution >= 0.6 is 15.6 Å². The fourth-order valence-corrected chi connectivity index (χ4v) is 9.03. The second-order valence-corrected chi connectivity index (χ2v) is 20.5. The Balaban J connectivity index is 1.91. The Morgan fingerprint density at radius 2 is 1.36 bits per heavy atom. The lowest BCUT2D eigenvalue weighted by Crippen LogP contribution is -2.36. The number of nitrogens with zero attached hydrogens (tertiary/aromatic N) is 2. The molecule has 0 spiro atoms. The van der Waals surface area contributed by atoms with Crippen LogP contribution in [0.2, 0.25) is 0 Å². The summed E-state index contributed by atoms with van der Waals surface area (Å²) in [6.45, 7) is 1.57. The van der Waals surface area contributed by atoms with Crippen LogP contribution in [0.25, 0.3) is 0 Å². The molecule has 0 bridgehead atoms. The fourth-order valence-electron chi connectivity index (χ4n) is 6.92. The van der Waals surface area contributed by atoms with Crippen LogP contribution in [0.3, 0.4) is 0 Å². The van der Waals surface area contributed by atoms with Gasteiger partial charge in [0.25, 0.3) is 0 Å². The standard InChI is InChI=1S/C52H81N3O18P2/c1-3-5-7-8-9-10-11-12-13-14-15-16-17-18-19-24-28-34-47(59)68-38-42(71-48(60)35-29-33-44(58)43(57)32-27-23-21-20-22-26-31-41(56)30-25-6-4-2)39-69-74(64,65)73-75(66,67)70-40-45-49(61)50(62)51(72-45)55-37-36-46(53)54-52(55)63/h5,7,9-10,12-13,15-16,20-23,26-27,31-32,36-37,41-45,49-51,56-58,61-62H,3-4,6,8,11,14,17-19,24-25,28-30,33-35,38-40H2,1-2H3,(H,64,65)(H,66,67)(H2,53,54,63)/b7-5-,10-9-,13-12-,16-15-,22-20-,23-21+,31-26+,32-27+/t41-,42+,43-,44-,45+,49+,50+,51+/m0/s1. The molecule has 422 valence electrons. The molecule has 1 fully saturated rings. The van der Waals surface area contributed by atoms with Crippen LogP contribution in [-0.4, -0.2) is 119 Å². The number of esters is 2. The Hall–Kier alpha value is -4.44. The van der Waals surface area contributed by atoms with E-state index in [9.17, 15) is 58.8 Å². The van der Waals surface area contributed by atoms with Crippen LogP contribution in [-0.2, 0) is 46.3 Å². The predicted molar refractivity (Wildman–Crippen MR) is 283 cm³/mol. The maximum Gasteiger partial charge on any atom is 0.481 e. The van der Waals surface area contributed by atoms with E-state index < -0.39 is 102 Å². The Morgan fingerprint density at radius 3 is 2.03 bits per heavy atom. The van der Waals surface area contributed by atoms with Crippen molar-refractivity contribution in [2.75, 3.05) is 25.6 Å². The Morgan fingerprint density at radius 1 is 0.747 bits per heavy atom. The third-order valence-corrected chi connectivity index (χ3v) is 13.6. The summed E-state index contributed by atoms with van der Waals surface area (Å²) in [4.78, 5) is 62.0. The molecule has 2 heterocycles. The van der Waals surface area contributed by atoms with E-state index in [0.717, 1.165) is 81.4 Å². The van der Waals surface area contributed by atoms with E-state index in [-0.39, 0.29) is 31.5 Å². The molecule has 0 saturated carbocycles. The fraction of sp³-hybridized carbons (Fsp3) is 0.577. The van der Waals surface area contributed by atoms with Gasteiger partial charge in [-0.3, -0.25) is 23.2 Å². The van der Waals surface area contributed by atoms with Crippen molar-refractivity contribution in [1.82, 2.24) is 9.55 Å². The molecule has 23 heteroatoms. The lowest BCUT2D eigenvalue weighted by Gasteiger charge is -2.21. The van der Waals surface area contributed by atoms with E-state index in [1.165, 1.54) is 18.2 Å². The topological polar surface area (TPSA) is 326 Å². The number of phosphoric acid groups is 2. The van der Waals surface area contributed by atoms with Gasteiger partial charge < -0.3 is 55.3 Å². The number of unbranched alkanes of at least 4 members (excludes halogenated alkanes) is 6. The molecule has 1 aliphatic rings. The number of nitrogen functional groups attached to an aromatic ring is 1. The highest BCUT2D eigenvalue weighted by molar-refractivity contribution is 7.61. The van der Waals surface area contributed by atoms with Gasteiger partial charge in [0.1, 0.15) is 30.7 Å². The molecule has 9 N–H and O–H groups in total. The highest BCUT2D eigenvalue weighted by Gasteiger charge is 2.46. The average molecular weight is 1100 g/mol. The summed E-state index contributed by atoms with van der Waals surface area (Å²) in [5, 5.41) is 51.7. The summed E-state index contributed by atoms with van der Waals surface area (Å²) >= 11 is 0. The van der Waals surface area contributed by atoms with Crippen molar-refractivity contribution in [3.05, 3.63) is 120 Å². The molecular weight excluding hydrogens is 1020 g/mol. The first-order valence-corrected chi connectivity index (χ1v) is 28.6. The first-order chi connectivity index (χ1) is 35.9. The van der Waals surface area contributed by atoms with E-state index in [2.05, 4.69) is 71.8 Å². The van der Waals surface area contributed by atoms with Crippen molar-refractivity contribution in [3.8, 4) is 0 Å². The Kier molecular flexibility index (Phi) is 34.7. The zero-order chi connectivity index (χ0) is 55.3. The minimum atomic E-state index is -5.53. The van der Waals surface area contributed by atoms with Crippen molar-refractivity contribution in [2.24, 2.45) is 0 Å². The van der Waals surface area contributed by atoms with Crippen LogP contribution in [0, 0.1) is 0 Å². The molecule has 1 aromatic heterocycles. The van der Waals surface area contributed by atoms with Crippen LogP contribution in [0.15, 0.2) is 114 Å². The van der Waals surface area contributed by atoms with E-state index in [1.807, 2.05) is 0 Å². The first kappa shape index (κ1) is 66.7. The van der Waals surface area contributed by atoms with Crippen molar-refractivity contribution in [1.29, 1.82) is 0 Å². The van der Waals surface area contributed by atoms with Gasteiger partial charge in [0.15, 0.2) is 12.3 Å². The number of carbonyl (C=O) groups excluding carboxylic acids is 2. The summed E-state index contributed by atoms with van der Waals surface area (Å²) in [5.41, 5.74) is 4.55. The van der Waals surface area contributed by atoms with Gasteiger partial charge in [0, 0.05) is 19.0 Å². The largest absolute Gasteiger partial charge is 0.481 e. The number of aromatic nitrogens is 2. The number of aliphatic hydroxyl groups excluding tert-OH is 5. The second-order valence-electron chi connectivity index (χ2n) is 17.5. The van der Waals surface area contributed by atoms with E-state index in [4.69, 9.17) is 29.0 Å². The summed E-state index contributed by atoms with van der Waals surface area (Å²) in [6.07, 6.45) is 31.2. The quantitative estimate of drug-likeness (QED) is 0.0105. The summed E-state index contributed by atoms with van der Waals surface area (Å²) in [6, 6.07) is 1.22. The van der Waals surface area contributed by atoms with Crippen molar-refractivity contribution in [2.45, 2.75) is 172 Å². The van der Waals surface area contributed by atoms with Crippen LogP contribution in [0.5, 0.6) is 0 Å².